The third-order valence-electron chi connectivity index (χ3n) is 4.03. The van der Waals surface area contributed by atoms with E-state index in [4.69, 9.17) is 4.52 Å². The van der Waals surface area contributed by atoms with Gasteiger partial charge in [0.15, 0.2) is 11.8 Å². The first-order valence-electron chi connectivity index (χ1n) is 8.13. The Morgan fingerprint density at radius 2 is 2.14 bits per heavy atom. The fourth-order valence-electron chi connectivity index (χ4n) is 2.59. The van der Waals surface area contributed by atoms with Crippen LogP contribution in [0.2, 0.25) is 0 Å². The summed E-state index contributed by atoms with van der Waals surface area (Å²) < 4.78 is 4.94. The van der Waals surface area contributed by atoms with Gasteiger partial charge in [-0.1, -0.05) is 12.1 Å². The lowest BCUT2D eigenvalue weighted by atomic mass is 9.99. The Balaban J connectivity index is 1.58. The third-order valence-corrected chi connectivity index (χ3v) is 4.03. The van der Waals surface area contributed by atoms with Gasteiger partial charge in [-0.2, -0.15) is 4.98 Å². The maximum atomic E-state index is 4.94. The number of aliphatic imine (C=N–C) groups is 1. The molecule has 22 heavy (non-hydrogen) atoms. The monoisotopic (exact) mass is 308 g/mol. The molecule has 0 aromatic carbocycles. The molecule has 2 heterocycles. The number of nitrogens with zero attached hydrogens (tertiary/aromatic N) is 4. The first-order valence-corrected chi connectivity index (χ1v) is 8.13. The zero-order valence-electron chi connectivity index (χ0n) is 13.9. The van der Waals surface area contributed by atoms with Gasteiger partial charge in [0.25, 0.3) is 0 Å². The summed E-state index contributed by atoms with van der Waals surface area (Å²) in [5, 5.41) is 10.4. The van der Waals surface area contributed by atoms with Crippen LogP contribution in [0.25, 0.3) is 0 Å². The summed E-state index contributed by atoms with van der Waals surface area (Å²) in [6.45, 7) is 9.19. The SMILES string of the molecule is CN=C(NCCCN1CCC(C)CC1)NCc1noc(C)n1. The van der Waals surface area contributed by atoms with Crippen LogP contribution in [0, 0.1) is 12.8 Å². The topological polar surface area (TPSA) is 78.6 Å². The molecule has 1 aliphatic rings. The fraction of sp³-hybridized carbons (Fsp3) is 0.800. The molecule has 0 saturated carbocycles. The number of aryl methyl sites for hydroxylation is 1. The summed E-state index contributed by atoms with van der Waals surface area (Å²) in [6, 6.07) is 0. The zero-order valence-corrected chi connectivity index (χ0v) is 13.9. The van der Waals surface area contributed by atoms with E-state index in [9.17, 15) is 0 Å². The lowest BCUT2D eigenvalue weighted by molar-refractivity contribution is 0.191. The van der Waals surface area contributed by atoms with Gasteiger partial charge in [0.1, 0.15) is 0 Å². The molecule has 0 amide bonds. The van der Waals surface area contributed by atoms with Crippen molar-refractivity contribution in [2.75, 3.05) is 33.2 Å². The van der Waals surface area contributed by atoms with Crippen LogP contribution in [0.3, 0.4) is 0 Å². The number of piperidine rings is 1. The van der Waals surface area contributed by atoms with E-state index in [1.54, 1.807) is 14.0 Å². The molecule has 0 aliphatic carbocycles. The van der Waals surface area contributed by atoms with Crippen LogP contribution in [-0.4, -0.2) is 54.2 Å². The van der Waals surface area contributed by atoms with Gasteiger partial charge >= 0.3 is 0 Å². The highest BCUT2D eigenvalue weighted by molar-refractivity contribution is 5.79. The molecule has 2 rings (SSSR count). The van der Waals surface area contributed by atoms with Crippen LogP contribution in [0.4, 0.5) is 0 Å². The minimum Gasteiger partial charge on any atom is -0.356 e. The van der Waals surface area contributed by atoms with Crippen LogP contribution < -0.4 is 10.6 Å². The van der Waals surface area contributed by atoms with Crippen molar-refractivity contribution in [3.8, 4) is 0 Å². The highest BCUT2D eigenvalue weighted by atomic mass is 16.5. The summed E-state index contributed by atoms with van der Waals surface area (Å²) in [5.74, 6) is 2.89. The summed E-state index contributed by atoms with van der Waals surface area (Å²) in [5.41, 5.74) is 0. The molecule has 1 aromatic rings. The first kappa shape index (κ1) is 16.7. The van der Waals surface area contributed by atoms with Gasteiger partial charge < -0.3 is 20.1 Å². The minimum absolute atomic E-state index is 0.515. The number of nitrogens with one attached hydrogen (secondary N) is 2. The van der Waals surface area contributed by atoms with E-state index in [0.717, 1.165) is 31.4 Å². The number of hydrogen-bond donors (Lipinski definition) is 2. The summed E-state index contributed by atoms with van der Waals surface area (Å²) in [4.78, 5) is 10.9. The highest BCUT2D eigenvalue weighted by Crippen LogP contribution is 2.15. The van der Waals surface area contributed by atoms with Crippen molar-refractivity contribution in [3.05, 3.63) is 11.7 Å². The molecular formula is C15H28N6O. The van der Waals surface area contributed by atoms with E-state index in [0.29, 0.717) is 18.3 Å². The summed E-state index contributed by atoms with van der Waals surface area (Å²) >= 11 is 0. The van der Waals surface area contributed by atoms with Crippen molar-refractivity contribution in [1.82, 2.24) is 25.7 Å². The zero-order chi connectivity index (χ0) is 15.8. The number of rotatable bonds is 6. The Labute approximate surface area is 132 Å². The molecule has 7 heteroatoms. The molecule has 0 bridgehead atoms. The molecule has 1 aliphatic heterocycles. The highest BCUT2D eigenvalue weighted by Gasteiger charge is 2.14. The Kier molecular flexibility index (Phi) is 6.64. The molecule has 0 radical (unpaired) electrons. The molecule has 0 spiro atoms. The van der Waals surface area contributed by atoms with Crippen LogP contribution in [0.15, 0.2) is 9.52 Å². The van der Waals surface area contributed by atoms with Crippen LogP contribution in [-0.2, 0) is 6.54 Å². The largest absolute Gasteiger partial charge is 0.356 e. The maximum absolute atomic E-state index is 4.94. The van der Waals surface area contributed by atoms with Crippen LogP contribution in [0.5, 0.6) is 0 Å². The molecule has 7 nitrogen and oxygen atoms in total. The Morgan fingerprint density at radius 1 is 1.36 bits per heavy atom. The minimum atomic E-state index is 0.515. The quantitative estimate of drug-likeness (QED) is 0.466. The van der Waals surface area contributed by atoms with E-state index in [2.05, 4.69) is 37.6 Å². The third kappa shape index (κ3) is 5.63. The lowest BCUT2D eigenvalue weighted by Gasteiger charge is -2.30. The van der Waals surface area contributed by atoms with Gasteiger partial charge in [0.05, 0.1) is 6.54 Å². The van der Waals surface area contributed by atoms with Crippen molar-refractivity contribution < 1.29 is 4.52 Å². The van der Waals surface area contributed by atoms with Crippen molar-refractivity contribution in [3.63, 3.8) is 0 Å². The van der Waals surface area contributed by atoms with Crippen LogP contribution in [0.1, 0.15) is 37.9 Å². The Hall–Kier alpha value is -1.63. The molecule has 0 unspecified atom stereocenters. The van der Waals surface area contributed by atoms with E-state index < -0.39 is 0 Å². The maximum Gasteiger partial charge on any atom is 0.223 e. The Morgan fingerprint density at radius 3 is 2.77 bits per heavy atom. The Bertz CT molecular complexity index is 464. The van der Waals surface area contributed by atoms with Gasteiger partial charge in [0, 0.05) is 20.5 Å². The van der Waals surface area contributed by atoms with Crippen molar-refractivity contribution in [2.45, 2.75) is 39.7 Å². The number of likely N-dealkylation sites (tertiary alicyclic amines) is 1. The van der Waals surface area contributed by atoms with E-state index >= 15 is 0 Å². The molecule has 1 saturated heterocycles. The van der Waals surface area contributed by atoms with E-state index in [1.807, 2.05) is 0 Å². The molecule has 2 N–H and O–H groups in total. The van der Waals surface area contributed by atoms with E-state index in [1.165, 1.54) is 25.9 Å². The van der Waals surface area contributed by atoms with Gasteiger partial charge in [-0.15, -0.1) is 0 Å². The summed E-state index contributed by atoms with van der Waals surface area (Å²) in [6.07, 6.45) is 3.79. The number of aromatic nitrogens is 2. The van der Waals surface area contributed by atoms with E-state index in [-0.39, 0.29) is 0 Å². The van der Waals surface area contributed by atoms with Gasteiger partial charge in [-0.3, -0.25) is 4.99 Å². The molecule has 0 atom stereocenters. The predicted molar refractivity (Wildman–Crippen MR) is 86.7 cm³/mol. The lowest BCUT2D eigenvalue weighted by Crippen LogP contribution is -2.39. The smallest absolute Gasteiger partial charge is 0.223 e. The van der Waals surface area contributed by atoms with Crippen LogP contribution >= 0.6 is 0 Å². The first-order chi connectivity index (χ1) is 10.7. The molecule has 1 fully saturated rings. The normalized spacial score (nSPS) is 17.7. The standard InChI is InChI=1S/C15H28N6O/c1-12-5-9-21(10-6-12)8-4-7-17-15(16-3)18-11-14-19-13(2)22-20-14/h12H,4-11H2,1-3H3,(H2,16,17,18). The van der Waals surface area contributed by atoms with Crippen molar-refractivity contribution >= 4 is 5.96 Å². The van der Waals surface area contributed by atoms with Gasteiger partial charge in [-0.25, -0.2) is 0 Å². The molecular weight excluding hydrogens is 280 g/mol. The average molecular weight is 308 g/mol. The second-order valence-corrected chi connectivity index (χ2v) is 5.96. The summed E-state index contributed by atoms with van der Waals surface area (Å²) in [7, 11) is 1.77. The number of guanidine groups is 1. The number of hydrogen-bond acceptors (Lipinski definition) is 5. The second-order valence-electron chi connectivity index (χ2n) is 5.96. The fourth-order valence-corrected chi connectivity index (χ4v) is 2.59. The molecule has 1 aromatic heterocycles. The second kappa shape index (κ2) is 8.73. The van der Waals surface area contributed by atoms with Gasteiger partial charge in [-0.05, 0) is 44.8 Å². The molecule has 124 valence electrons. The van der Waals surface area contributed by atoms with Gasteiger partial charge in [0.2, 0.25) is 5.89 Å². The predicted octanol–water partition coefficient (Wildman–Crippen LogP) is 1.17. The average Bonchev–Trinajstić information content (AvgIpc) is 2.94. The van der Waals surface area contributed by atoms with Crippen molar-refractivity contribution in [2.24, 2.45) is 10.9 Å². The van der Waals surface area contributed by atoms with Crippen molar-refractivity contribution in [1.29, 1.82) is 0 Å².